The summed E-state index contributed by atoms with van der Waals surface area (Å²) in [6, 6.07) is 1.19. The fraction of sp³-hybridized carbons (Fsp3) is 0.769. The van der Waals surface area contributed by atoms with E-state index < -0.39 is 0 Å². The van der Waals surface area contributed by atoms with Crippen LogP contribution < -0.4 is 5.32 Å². The minimum absolute atomic E-state index is 0.551. The molecule has 18 heavy (non-hydrogen) atoms. The van der Waals surface area contributed by atoms with Crippen molar-refractivity contribution in [3.8, 4) is 0 Å². The molecule has 1 unspecified atom stereocenters. The van der Waals surface area contributed by atoms with Crippen LogP contribution in [0.3, 0.4) is 0 Å². The summed E-state index contributed by atoms with van der Waals surface area (Å²) in [5.41, 5.74) is 0. The van der Waals surface area contributed by atoms with Crippen LogP contribution in [0.4, 0.5) is 0 Å². The maximum absolute atomic E-state index is 5.89. The molecule has 0 amide bonds. The number of hydrogen-bond acceptors (Lipinski definition) is 4. The van der Waals surface area contributed by atoms with Gasteiger partial charge in [0.05, 0.1) is 0 Å². The third-order valence-corrected chi connectivity index (χ3v) is 4.58. The van der Waals surface area contributed by atoms with E-state index in [4.69, 9.17) is 11.6 Å². The molecule has 0 bridgehead atoms. The molecule has 0 aliphatic carbocycles. The minimum atomic E-state index is 0.551. The van der Waals surface area contributed by atoms with Crippen molar-refractivity contribution in [3.05, 3.63) is 15.5 Å². The highest BCUT2D eigenvalue weighted by molar-refractivity contribution is 7.15. The molecule has 1 saturated heterocycles. The van der Waals surface area contributed by atoms with Crippen LogP contribution >= 0.6 is 22.9 Å². The van der Waals surface area contributed by atoms with E-state index in [0.717, 1.165) is 13.1 Å². The molecular weight excluding hydrogens is 266 g/mol. The van der Waals surface area contributed by atoms with Crippen molar-refractivity contribution in [1.29, 1.82) is 0 Å². The van der Waals surface area contributed by atoms with Crippen LogP contribution in [0.15, 0.2) is 6.20 Å². The Labute approximate surface area is 119 Å². The van der Waals surface area contributed by atoms with Gasteiger partial charge in [-0.3, -0.25) is 4.90 Å². The second-order valence-electron chi connectivity index (χ2n) is 5.25. The molecule has 1 aliphatic heterocycles. The maximum atomic E-state index is 5.89. The molecule has 1 aromatic rings. The first kappa shape index (κ1) is 14.3. The van der Waals surface area contributed by atoms with Gasteiger partial charge < -0.3 is 5.32 Å². The van der Waals surface area contributed by atoms with Gasteiger partial charge in [-0.15, -0.1) is 11.3 Å². The van der Waals surface area contributed by atoms with Crippen LogP contribution in [0, 0.1) is 0 Å². The summed E-state index contributed by atoms with van der Waals surface area (Å²) in [5.74, 6) is 0. The molecule has 1 aromatic heterocycles. The summed E-state index contributed by atoms with van der Waals surface area (Å²) >= 11 is 7.48. The second-order valence-corrected chi connectivity index (χ2v) is 6.95. The Morgan fingerprint density at radius 2 is 2.39 bits per heavy atom. The quantitative estimate of drug-likeness (QED) is 0.902. The summed E-state index contributed by atoms with van der Waals surface area (Å²) in [6.45, 7) is 7.76. The van der Waals surface area contributed by atoms with Gasteiger partial charge in [0.1, 0.15) is 0 Å². The number of thiazole rings is 1. The molecule has 1 fully saturated rings. The van der Waals surface area contributed by atoms with E-state index >= 15 is 0 Å². The van der Waals surface area contributed by atoms with Crippen LogP contribution in [-0.4, -0.2) is 35.1 Å². The number of rotatable bonds is 5. The molecular formula is C13H22ClN3S. The van der Waals surface area contributed by atoms with Crippen molar-refractivity contribution in [2.75, 3.05) is 13.1 Å². The average molecular weight is 288 g/mol. The van der Waals surface area contributed by atoms with Gasteiger partial charge in [0.2, 0.25) is 0 Å². The fourth-order valence-corrected chi connectivity index (χ4v) is 3.38. The topological polar surface area (TPSA) is 28.2 Å². The van der Waals surface area contributed by atoms with Crippen LogP contribution in [-0.2, 0) is 6.54 Å². The van der Waals surface area contributed by atoms with E-state index in [1.165, 1.54) is 30.7 Å². The predicted molar refractivity (Wildman–Crippen MR) is 78.3 cm³/mol. The lowest BCUT2D eigenvalue weighted by Crippen LogP contribution is -2.45. The number of aromatic nitrogens is 1. The number of piperidine rings is 1. The number of hydrogen-bond donors (Lipinski definition) is 1. The molecule has 0 saturated carbocycles. The van der Waals surface area contributed by atoms with Gasteiger partial charge in [-0.1, -0.05) is 18.0 Å². The van der Waals surface area contributed by atoms with Gasteiger partial charge in [0.15, 0.2) is 4.47 Å². The van der Waals surface area contributed by atoms with Gasteiger partial charge in [0.25, 0.3) is 0 Å². The molecule has 2 rings (SSSR count). The molecule has 0 aromatic carbocycles. The predicted octanol–water partition coefficient (Wildman–Crippen LogP) is 3.15. The number of nitrogens with one attached hydrogen (secondary N) is 1. The Bertz CT molecular complexity index is 361. The summed E-state index contributed by atoms with van der Waals surface area (Å²) < 4.78 is 0.643. The molecule has 3 nitrogen and oxygen atoms in total. The smallest absolute Gasteiger partial charge is 0.183 e. The largest absolute Gasteiger partial charge is 0.313 e. The molecule has 102 valence electrons. The lowest BCUT2D eigenvalue weighted by atomic mass is 10.0. The average Bonchev–Trinajstić information content (AvgIpc) is 2.75. The molecule has 5 heteroatoms. The number of halogens is 1. The van der Waals surface area contributed by atoms with E-state index in [1.807, 2.05) is 6.20 Å². The third kappa shape index (κ3) is 4.19. The highest BCUT2D eigenvalue weighted by Gasteiger charge is 2.19. The first-order valence-electron chi connectivity index (χ1n) is 6.73. The summed E-state index contributed by atoms with van der Waals surface area (Å²) in [7, 11) is 0. The monoisotopic (exact) mass is 287 g/mol. The Hall–Kier alpha value is -0.160. The fourth-order valence-electron chi connectivity index (χ4n) is 2.38. The van der Waals surface area contributed by atoms with Gasteiger partial charge in [-0.25, -0.2) is 4.98 Å². The van der Waals surface area contributed by atoms with Crippen molar-refractivity contribution in [1.82, 2.24) is 15.2 Å². The van der Waals surface area contributed by atoms with E-state index in [9.17, 15) is 0 Å². The van der Waals surface area contributed by atoms with Crippen molar-refractivity contribution in [2.24, 2.45) is 0 Å². The van der Waals surface area contributed by atoms with Crippen LogP contribution in [0.2, 0.25) is 4.47 Å². The molecule has 1 atom stereocenters. The Morgan fingerprint density at radius 1 is 1.56 bits per heavy atom. The first-order chi connectivity index (χ1) is 8.65. The summed E-state index contributed by atoms with van der Waals surface area (Å²) in [4.78, 5) is 7.88. The minimum Gasteiger partial charge on any atom is -0.313 e. The van der Waals surface area contributed by atoms with Crippen molar-refractivity contribution >= 4 is 22.9 Å². The highest BCUT2D eigenvalue weighted by atomic mass is 35.5. The maximum Gasteiger partial charge on any atom is 0.183 e. The third-order valence-electron chi connectivity index (χ3n) is 3.48. The van der Waals surface area contributed by atoms with Crippen LogP contribution in [0.1, 0.15) is 38.0 Å². The molecule has 0 spiro atoms. The van der Waals surface area contributed by atoms with E-state index in [1.54, 1.807) is 11.3 Å². The van der Waals surface area contributed by atoms with Crippen LogP contribution in [0.25, 0.3) is 0 Å². The van der Waals surface area contributed by atoms with E-state index in [2.05, 4.69) is 29.0 Å². The first-order valence-corrected chi connectivity index (χ1v) is 7.92. The van der Waals surface area contributed by atoms with Gasteiger partial charge in [0, 0.05) is 36.2 Å². The molecule has 0 radical (unpaired) electrons. The van der Waals surface area contributed by atoms with Crippen molar-refractivity contribution in [2.45, 2.75) is 51.7 Å². The number of nitrogens with zero attached hydrogens (tertiary/aromatic N) is 2. The Kier molecular flexibility index (Phi) is 5.42. The summed E-state index contributed by atoms with van der Waals surface area (Å²) in [6.07, 6.45) is 5.88. The van der Waals surface area contributed by atoms with Crippen molar-refractivity contribution in [3.63, 3.8) is 0 Å². The normalized spacial score (nSPS) is 20.8. The van der Waals surface area contributed by atoms with Gasteiger partial charge >= 0.3 is 0 Å². The Morgan fingerprint density at radius 3 is 2.94 bits per heavy atom. The van der Waals surface area contributed by atoms with E-state index in [-0.39, 0.29) is 0 Å². The van der Waals surface area contributed by atoms with Gasteiger partial charge in [-0.2, -0.15) is 0 Å². The lowest BCUT2D eigenvalue weighted by Gasteiger charge is -2.32. The molecule has 2 heterocycles. The summed E-state index contributed by atoms with van der Waals surface area (Å²) in [5, 5.41) is 3.62. The SMILES string of the molecule is CC(C)N(Cc1cnc(Cl)s1)CC1CCCCN1. The van der Waals surface area contributed by atoms with Crippen molar-refractivity contribution < 1.29 is 0 Å². The lowest BCUT2D eigenvalue weighted by molar-refractivity contribution is 0.178. The molecule has 1 aliphatic rings. The highest BCUT2D eigenvalue weighted by Crippen LogP contribution is 2.21. The molecule has 1 N–H and O–H groups in total. The zero-order valence-electron chi connectivity index (χ0n) is 11.2. The standard InChI is InChI=1S/C13H22ClN3S/c1-10(2)17(8-11-5-3-4-6-15-11)9-12-7-16-13(14)18-12/h7,10-11,15H,3-6,8-9H2,1-2H3. The zero-order valence-corrected chi connectivity index (χ0v) is 12.7. The van der Waals surface area contributed by atoms with E-state index in [0.29, 0.717) is 16.6 Å². The van der Waals surface area contributed by atoms with Crippen LogP contribution in [0.5, 0.6) is 0 Å². The second kappa shape index (κ2) is 6.85. The Balaban J connectivity index is 1.90. The zero-order chi connectivity index (χ0) is 13.0. The van der Waals surface area contributed by atoms with Gasteiger partial charge in [-0.05, 0) is 33.2 Å².